The van der Waals surface area contributed by atoms with Crippen LogP contribution in [-0.4, -0.2) is 24.4 Å². The summed E-state index contributed by atoms with van der Waals surface area (Å²) in [6.45, 7) is 0.611. The molecule has 0 aliphatic heterocycles. The number of aliphatic hydroxyl groups is 1. The maximum atomic E-state index is 9.86. The van der Waals surface area contributed by atoms with Crippen molar-refractivity contribution in [2.75, 3.05) is 13.2 Å². The van der Waals surface area contributed by atoms with Gasteiger partial charge in [0.25, 0.3) is 0 Å². The second-order valence-electron chi connectivity index (χ2n) is 4.69. The van der Waals surface area contributed by atoms with E-state index in [0.717, 1.165) is 5.56 Å². The van der Waals surface area contributed by atoms with Crippen LogP contribution in [0.5, 0.6) is 5.75 Å². The van der Waals surface area contributed by atoms with Crippen LogP contribution in [0, 0.1) is 11.3 Å². The zero-order valence-electron chi connectivity index (χ0n) is 11.9. The summed E-state index contributed by atoms with van der Waals surface area (Å²) in [5.41, 5.74) is 1.30. The van der Waals surface area contributed by atoms with E-state index in [1.165, 1.54) is 0 Å². The number of ether oxygens (including phenoxy) is 2. The van der Waals surface area contributed by atoms with E-state index in [0.29, 0.717) is 17.4 Å². The summed E-state index contributed by atoms with van der Waals surface area (Å²) in [4.78, 5) is 0. The van der Waals surface area contributed by atoms with Crippen molar-refractivity contribution >= 4 is 11.6 Å². The highest BCUT2D eigenvalue weighted by molar-refractivity contribution is 6.31. The molecule has 0 aromatic heterocycles. The molecule has 0 radical (unpaired) electrons. The van der Waals surface area contributed by atoms with Crippen molar-refractivity contribution in [3.63, 3.8) is 0 Å². The molecule has 5 heteroatoms. The minimum absolute atomic E-state index is 0.0316. The fourth-order valence-corrected chi connectivity index (χ4v) is 2.06. The normalized spacial score (nSPS) is 11.7. The maximum Gasteiger partial charge on any atom is 0.138 e. The number of aliphatic hydroxyl groups excluding tert-OH is 1. The van der Waals surface area contributed by atoms with Gasteiger partial charge in [-0.25, -0.2) is 0 Å². The van der Waals surface area contributed by atoms with Gasteiger partial charge in [-0.15, -0.1) is 0 Å². The molecule has 0 saturated carbocycles. The van der Waals surface area contributed by atoms with Gasteiger partial charge in [-0.2, -0.15) is 5.26 Å². The van der Waals surface area contributed by atoms with E-state index in [2.05, 4.69) is 0 Å². The minimum Gasteiger partial charge on any atom is -0.489 e. The topological polar surface area (TPSA) is 62.5 Å². The van der Waals surface area contributed by atoms with Crippen molar-refractivity contribution in [2.45, 2.75) is 12.7 Å². The van der Waals surface area contributed by atoms with E-state index in [4.69, 9.17) is 26.3 Å². The predicted molar refractivity (Wildman–Crippen MR) is 83.8 cm³/mol. The van der Waals surface area contributed by atoms with Gasteiger partial charge in [0.05, 0.1) is 18.2 Å². The van der Waals surface area contributed by atoms with Crippen molar-refractivity contribution in [1.29, 1.82) is 5.26 Å². The Morgan fingerprint density at radius 1 is 1.09 bits per heavy atom. The van der Waals surface area contributed by atoms with Gasteiger partial charge >= 0.3 is 0 Å². The van der Waals surface area contributed by atoms with Crippen LogP contribution in [0.2, 0.25) is 5.02 Å². The lowest BCUT2D eigenvalue weighted by atomic mass is 10.2. The molecule has 22 heavy (non-hydrogen) atoms. The highest BCUT2D eigenvalue weighted by atomic mass is 35.5. The van der Waals surface area contributed by atoms with Crippen LogP contribution >= 0.6 is 11.6 Å². The molecule has 0 spiro atoms. The number of hydrogen-bond acceptors (Lipinski definition) is 4. The molecule has 0 aliphatic rings. The van der Waals surface area contributed by atoms with Gasteiger partial charge in [0.2, 0.25) is 0 Å². The highest BCUT2D eigenvalue weighted by Gasteiger charge is 2.10. The Labute approximate surface area is 134 Å². The Kier molecular flexibility index (Phi) is 6.23. The number of nitrogens with zero attached hydrogens (tertiary/aromatic N) is 1. The van der Waals surface area contributed by atoms with E-state index in [1.807, 2.05) is 36.4 Å². The van der Waals surface area contributed by atoms with Gasteiger partial charge in [0.15, 0.2) is 0 Å². The molecule has 2 aromatic rings. The second kappa shape index (κ2) is 8.40. The summed E-state index contributed by atoms with van der Waals surface area (Å²) < 4.78 is 10.9. The van der Waals surface area contributed by atoms with Crippen molar-refractivity contribution in [3.8, 4) is 11.8 Å². The molecule has 2 rings (SSSR count). The van der Waals surface area contributed by atoms with Crippen molar-refractivity contribution in [2.24, 2.45) is 0 Å². The predicted octanol–water partition coefficient (Wildman–Crippen LogP) is 3.17. The van der Waals surface area contributed by atoms with Crippen LogP contribution in [0.4, 0.5) is 0 Å². The van der Waals surface area contributed by atoms with Gasteiger partial charge in [0, 0.05) is 0 Å². The monoisotopic (exact) mass is 317 g/mol. The molecule has 0 saturated heterocycles. The van der Waals surface area contributed by atoms with Gasteiger partial charge in [-0.3, -0.25) is 0 Å². The molecule has 0 heterocycles. The zero-order valence-corrected chi connectivity index (χ0v) is 12.7. The smallest absolute Gasteiger partial charge is 0.138 e. The first-order valence-corrected chi connectivity index (χ1v) is 7.19. The molecular formula is C17H16ClNO3. The Morgan fingerprint density at radius 3 is 2.59 bits per heavy atom. The molecule has 0 fully saturated rings. The van der Waals surface area contributed by atoms with E-state index in [9.17, 15) is 5.11 Å². The Bertz CT molecular complexity index is 640. The van der Waals surface area contributed by atoms with E-state index in [-0.39, 0.29) is 18.8 Å². The van der Waals surface area contributed by atoms with Crippen LogP contribution in [0.25, 0.3) is 0 Å². The lowest BCUT2D eigenvalue weighted by molar-refractivity contribution is 0.00544. The number of nitriles is 1. The summed E-state index contributed by atoms with van der Waals surface area (Å²) in [6.07, 6.45) is -0.783. The third-order valence-electron chi connectivity index (χ3n) is 2.94. The first-order chi connectivity index (χ1) is 10.7. The first-order valence-electron chi connectivity index (χ1n) is 6.82. The summed E-state index contributed by atoms with van der Waals surface area (Å²) in [5.74, 6) is 0.358. The Hall–Kier alpha value is -2.06. The van der Waals surface area contributed by atoms with Crippen LogP contribution < -0.4 is 4.74 Å². The lowest BCUT2D eigenvalue weighted by Crippen LogP contribution is -2.23. The zero-order chi connectivity index (χ0) is 15.8. The minimum atomic E-state index is -0.783. The van der Waals surface area contributed by atoms with Crippen LogP contribution in [0.1, 0.15) is 11.1 Å². The number of rotatable bonds is 7. The molecule has 2 aromatic carbocycles. The SMILES string of the molecule is N#Cc1c(Cl)cccc1OCC(O)COCc1ccccc1. The van der Waals surface area contributed by atoms with E-state index >= 15 is 0 Å². The molecule has 0 bridgehead atoms. The quantitative estimate of drug-likeness (QED) is 0.852. The summed E-state index contributed by atoms with van der Waals surface area (Å²) in [6, 6.07) is 16.6. The lowest BCUT2D eigenvalue weighted by Gasteiger charge is -2.14. The van der Waals surface area contributed by atoms with Crippen molar-refractivity contribution in [3.05, 3.63) is 64.7 Å². The number of halogens is 1. The van der Waals surface area contributed by atoms with Gasteiger partial charge in [-0.1, -0.05) is 48.0 Å². The first kappa shape index (κ1) is 16.3. The molecule has 114 valence electrons. The molecule has 0 aliphatic carbocycles. The summed E-state index contributed by atoms with van der Waals surface area (Å²) in [5, 5.41) is 19.2. The average molecular weight is 318 g/mol. The van der Waals surface area contributed by atoms with Crippen LogP contribution in [0.15, 0.2) is 48.5 Å². The van der Waals surface area contributed by atoms with Crippen molar-refractivity contribution in [1.82, 2.24) is 0 Å². The second-order valence-corrected chi connectivity index (χ2v) is 5.10. The molecule has 1 atom stereocenters. The van der Waals surface area contributed by atoms with Gasteiger partial charge < -0.3 is 14.6 Å². The standard InChI is InChI=1S/C17H16ClNO3/c18-16-7-4-8-17(15(16)9-19)22-12-14(20)11-21-10-13-5-2-1-3-6-13/h1-8,14,20H,10-12H2. The largest absolute Gasteiger partial charge is 0.489 e. The number of benzene rings is 2. The fraction of sp³-hybridized carbons (Fsp3) is 0.235. The number of hydrogen-bond donors (Lipinski definition) is 1. The molecule has 0 amide bonds. The third kappa shape index (κ3) is 4.74. The molecule has 4 nitrogen and oxygen atoms in total. The Morgan fingerprint density at radius 2 is 1.86 bits per heavy atom. The molecular weight excluding hydrogens is 302 g/mol. The Balaban J connectivity index is 1.77. The third-order valence-corrected chi connectivity index (χ3v) is 3.26. The fourth-order valence-electron chi connectivity index (χ4n) is 1.85. The van der Waals surface area contributed by atoms with E-state index < -0.39 is 6.10 Å². The van der Waals surface area contributed by atoms with E-state index in [1.54, 1.807) is 18.2 Å². The van der Waals surface area contributed by atoms with Crippen molar-refractivity contribution < 1.29 is 14.6 Å². The maximum absolute atomic E-state index is 9.86. The van der Waals surface area contributed by atoms with Gasteiger partial charge in [0.1, 0.15) is 30.1 Å². The summed E-state index contributed by atoms with van der Waals surface area (Å²) >= 11 is 5.91. The highest BCUT2D eigenvalue weighted by Crippen LogP contribution is 2.25. The van der Waals surface area contributed by atoms with Crippen LogP contribution in [-0.2, 0) is 11.3 Å². The molecule has 1 N–H and O–H groups in total. The van der Waals surface area contributed by atoms with Gasteiger partial charge in [-0.05, 0) is 17.7 Å². The molecule has 1 unspecified atom stereocenters. The summed E-state index contributed by atoms with van der Waals surface area (Å²) in [7, 11) is 0. The van der Waals surface area contributed by atoms with Crippen LogP contribution in [0.3, 0.4) is 0 Å². The average Bonchev–Trinajstić information content (AvgIpc) is 2.54.